The van der Waals surface area contributed by atoms with Gasteiger partial charge in [0.05, 0.1) is 11.3 Å². The van der Waals surface area contributed by atoms with Crippen molar-refractivity contribution in [3.63, 3.8) is 0 Å². The second-order valence-electron chi connectivity index (χ2n) is 5.73. The Morgan fingerprint density at radius 2 is 1.72 bits per heavy atom. The molecular formula is C18H17F3N4. The zero-order valence-corrected chi connectivity index (χ0v) is 13.5. The summed E-state index contributed by atoms with van der Waals surface area (Å²) in [6.07, 6.45) is -1.20. The van der Waals surface area contributed by atoms with Crippen LogP contribution >= 0.6 is 0 Å². The Labute approximate surface area is 143 Å². The van der Waals surface area contributed by atoms with Crippen molar-refractivity contribution in [3.8, 4) is 5.69 Å². The molecule has 0 aliphatic rings. The fourth-order valence-corrected chi connectivity index (χ4v) is 2.46. The maximum Gasteiger partial charge on any atom is 0.416 e. The molecule has 0 amide bonds. The van der Waals surface area contributed by atoms with E-state index in [4.69, 9.17) is 0 Å². The average Bonchev–Trinajstić information content (AvgIpc) is 3.14. The van der Waals surface area contributed by atoms with E-state index in [0.29, 0.717) is 6.54 Å². The number of hydrogen-bond donors (Lipinski definition) is 1. The van der Waals surface area contributed by atoms with Gasteiger partial charge >= 0.3 is 6.18 Å². The second kappa shape index (κ2) is 7.06. The Kier molecular flexibility index (Phi) is 4.85. The first-order chi connectivity index (χ1) is 11.9. The Bertz CT molecular complexity index is 794. The van der Waals surface area contributed by atoms with Crippen molar-refractivity contribution in [1.29, 1.82) is 0 Å². The van der Waals surface area contributed by atoms with Crippen LogP contribution in [0.3, 0.4) is 0 Å². The lowest BCUT2D eigenvalue weighted by molar-refractivity contribution is -0.137. The van der Waals surface area contributed by atoms with Crippen LogP contribution in [0.4, 0.5) is 13.2 Å². The van der Waals surface area contributed by atoms with Crippen molar-refractivity contribution in [2.24, 2.45) is 0 Å². The predicted octanol–water partition coefficient (Wildman–Crippen LogP) is 4.14. The predicted molar refractivity (Wildman–Crippen MR) is 88.1 cm³/mol. The van der Waals surface area contributed by atoms with E-state index in [0.717, 1.165) is 28.9 Å². The number of hydrogen-bond acceptors (Lipinski definition) is 3. The molecule has 130 valence electrons. The molecule has 1 atom stereocenters. The molecule has 1 N–H and O–H groups in total. The molecule has 0 unspecified atom stereocenters. The molecule has 3 aromatic rings. The molecule has 2 aromatic carbocycles. The van der Waals surface area contributed by atoms with E-state index in [1.165, 1.54) is 18.5 Å². The van der Waals surface area contributed by atoms with Crippen LogP contribution in [0.5, 0.6) is 0 Å². The van der Waals surface area contributed by atoms with Gasteiger partial charge in [-0.25, -0.2) is 9.67 Å². The van der Waals surface area contributed by atoms with Crippen molar-refractivity contribution < 1.29 is 13.2 Å². The van der Waals surface area contributed by atoms with E-state index in [1.54, 1.807) is 11.0 Å². The highest BCUT2D eigenvalue weighted by molar-refractivity contribution is 5.34. The first kappa shape index (κ1) is 17.2. The van der Waals surface area contributed by atoms with Crippen LogP contribution in [0.15, 0.2) is 61.2 Å². The van der Waals surface area contributed by atoms with Gasteiger partial charge in [-0.1, -0.05) is 24.3 Å². The molecule has 1 heterocycles. The third-order valence-electron chi connectivity index (χ3n) is 3.97. The first-order valence-electron chi connectivity index (χ1n) is 7.78. The van der Waals surface area contributed by atoms with Gasteiger partial charge < -0.3 is 5.32 Å². The van der Waals surface area contributed by atoms with Gasteiger partial charge in [-0.05, 0) is 42.3 Å². The molecule has 0 spiro atoms. The largest absolute Gasteiger partial charge is 0.416 e. The highest BCUT2D eigenvalue weighted by atomic mass is 19.4. The van der Waals surface area contributed by atoms with E-state index in [2.05, 4.69) is 15.4 Å². The highest BCUT2D eigenvalue weighted by Gasteiger charge is 2.29. The SMILES string of the molecule is C[C@H](NCc1ccc(C(F)(F)F)cc1)c1ccc(-n2cncn2)cc1. The van der Waals surface area contributed by atoms with Crippen LogP contribution in [-0.4, -0.2) is 14.8 Å². The summed E-state index contributed by atoms with van der Waals surface area (Å²) < 4.78 is 39.4. The minimum atomic E-state index is -4.30. The molecule has 0 saturated heterocycles. The topological polar surface area (TPSA) is 42.7 Å². The average molecular weight is 346 g/mol. The molecule has 3 rings (SSSR count). The molecule has 25 heavy (non-hydrogen) atoms. The molecule has 4 nitrogen and oxygen atoms in total. The summed E-state index contributed by atoms with van der Waals surface area (Å²) in [6.45, 7) is 2.50. The Balaban J connectivity index is 1.60. The lowest BCUT2D eigenvalue weighted by Crippen LogP contribution is -2.18. The third kappa shape index (κ3) is 4.24. The number of rotatable bonds is 5. The van der Waals surface area contributed by atoms with Crippen molar-refractivity contribution in [3.05, 3.63) is 77.9 Å². The zero-order chi connectivity index (χ0) is 17.9. The van der Waals surface area contributed by atoms with Crippen LogP contribution in [0, 0.1) is 0 Å². The molecular weight excluding hydrogens is 329 g/mol. The van der Waals surface area contributed by atoms with E-state index in [-0.39, 0.29) is 6.04 Å². The van der Waals surface area contributed by atoms with Gasteiger partial charge in [0.25, 0.3) is 0 Å². The summed E-state index contributed by atoms with van der Waals surface area (Å²) in [7, 11) is 0. The molecule has 0 saturated carbocycles. The van der Waals surface area contributed by atoms with E-state index < -0.39 is 11.7 Å². The Morgan fingerprint density at radius 1 is 1.04 bits per heavy atom. The number of halogens is 3. The number of benzene rings is 2. The Morgan fingerprint density at radius 3 is 2.28 bits per heavy atom. The van der Waals surface area contributed by atoms with Gasteiger partial charge in [0.2, 0.25) is 0 Å². The molecule has 0 radical (unpaired) electrons. The fourth-order valence-electron chi connectivity index (χ4n) is 2.46. The van der Waals surface area contributed by atoms with Crippen molar-refractivity contribution in [2.75, 3.05) is 0 Å². The number of nitrogens with one attached hydrogen (secondary N) is 1. The van der Waals surface area contributed by atoms with Crippen molar-refractivity contribution >= 4 is 0 Å². The Hall–Kier alpha value is -2.67. The van der Waals surface area contributed by atoms with E-state index in [9.17, 15) is 13.2 Å². The van der Waals surface area contributed by atoms with Gasteiger partial charge in [-0.2, -0.15) is 18.3 Å². The van der Waals surface area contributed by atoms with Crippen LogP contribution in [-0.2, 0) is 12.7 Å². The lowest BCUT2D eigenvalue weighted by atomic mass is 10.1. The fraction of sp³-hybridized carbons (Fsp3) is 0.222. The highest BCUT2D eigenvalue weighted by Crippen LogP contribution is 2.29. The van der Waals surface area contributed by atoms with Crippen LogP contribution in [0.2, 0.25) is 0 Å². The molecule has 7 heteroatoms. The molecule has 0 fully saturated rings. The minimum absolute atomic E-state index is 0.0621. The minimum Gasteiger partial charge on any atom is -0.306 e. The number of nitrogens with zero attached hydrogens (tertiary/aromatic N) is 3. The number of aromatic nitrogens is 3. The van der Waals surface area contributed by atoms with Gasteiger partial charge in [-0.15, -0.1) is 0 Å². The first-order valence-corrected chi connectivity index (χ1v) is 7.78. The molecule has 1 aromatic heterocycles. The van der Waals surface area contributed by atoms with Crippen LogP contribution in [0.25, 0.3) is 5.69 Å². The lowest BCUT2D eigenvalue weighted by Gasteiger charge is -2.15. The molecule has 0 aliphatic heterocycles. The van der Waals surface area contributed by atoms with E-state index in [1.807, 2.05) is 31.2 Å². The van der Waals surface area contributed by atoms with Crippen molar-refractivity contribution in [1.82, 2.24) is 20.1 Å². The summed E-state index contributed by atoms with van der Waals surface area (Å²) in [5.74, 6) is 0. The summed E-state index contributed by atoms with van der Waals surface area (Å²) >= 11 is 0. The maximum absolute atomic E-state index is 12.6. The normalized spacial score (nSPS) is 13.0. The smallest absolute Gasteiger partial charge is 0.306 e. The standard InChI is InChI=1S/C18H17F3N4/c1-13(15-4-8-17(9-5-15)25-12-22-11-24-25)23-10-14-2-6-16(7-3-14)18(19,20)21/h2-9,11-13,23H,10H2,1H3/t13-/m0/s1. The molecule has 0 bridgehead atoms. The van der Waals surface area contributed by atoms with Gasteiger partial charge in [-0.3, -0.25) is 0 Å². The number of alkyl halides is 3. The maximum atomic E-state index is 12.6. The van der Waals surface area contributed by atoms with E-state index >= 15 is 0 Å². The van der Waals surface area contributed by atoms with Gasteiger partial charge in [0.15, 0.2) is 0 Å². The second-order valence-corrected chi connectivity index (χ2v) is 5.73. The zero-order valence-electron chi connectivity index (χ0n) is 13.5. The third-order valence-corrected chi connectivity index (χ3v) is 3.97. The van der Waals surface area contributed by atoms with Crippen LogP contribution in [0.1, 0.15) is 29.7 Å². The summed E-state index contributed by atoms with van der Waals surface area (Å²) in [5.41, 5.74) is 2.17. The van der Waals surface area contributed by atoms with Gasteiger partial charge in [0, 0.05) is 12.6 Å². The summed E-state index contributed by atoms with van der Waals surface area (Å²) in [4.78, 5) is 3.91. The summed E-state index contributed by atoms with van der Waals surface area (Å²) in [6, 6.07) is 13.1. The van der Waals surface area contributed by atoms with Crippen LogP contribution < -0.4 is 5.32 Å². The van der Waals surface area contributed by atoms with Crippen molar-refractivity contribution in [2.45, 2.75) is 25.7 Å². The summed E-state index contributed by atoms with van der Waals surface area (Å²) in [5, 5.41) is 7.38. The quantitative estimate of drug-likeness (QED) is 0.755. The van der Waals surface area contributed by atoms with Gasteiger partial charge in [0.1, 0.15) is 12.7 Å². The molecule has 0 aliphatic carbocycles. The monoisotopic (exact) mass is 346 g/mol.